The van der Waals surface area contributed by atoms with Crippen LogP contribution in [0.1, 0.15) is 25.3 Å². The molecule has 1 aliphatic carbocycles. The second kappa shape index (κ2) is 9.27. The highest BCUT2D eigenvalue weighted by Gasteiger charge is 2.77. The monoisotopic (exact) mass is 436 g/mol. The summed E-state index contributed by atoms with van der Waals surface area (Å²) in [5, 5.41) is 10.3. The predicted octanol–water partition coefficient (Wildman–Crippen LogP) is 4.99. The van der Waals surface area contributed by atoms with Gasteiger partial charge in [0.1, 0.15) is 24.8 Å². The van der Waals surface area contributed by atoms with Crippen molar-refractivity contribution in [1.29, 1.82) is 0 Å². The van der Waals surface area contributed by atoms with E-state index >= 15 is 0 Å². The molecule has 1 N–H and O–H groups in total. The second-order valence-corrected chi connectivity index (χ2v) is 8.18. The van der Waals surface area contributed by atoms with E-state index in [4.69, 9.17) is 15.9 Å². The van der Waals surface area contributed by atoms with Gasteiger partial charge >= 0.3 is 11.9 Å². The SMILES string of the molecule is C#C[C@@H](c1cccc(Oc2ccccc2)c1)[C@]1(C(=O)O)[C@@H](/C=C\C(=O)OCCF)C1(C)C. The van der Waals surface area contributed by atoms with Gasteiger partial charge in [-0.3, -0.25) is 4.79 Å². The minimum absolute atomic E-state index is 0.345. The molecule has 0 saturated heterocycles. The molecule has 0 bridgehead atoms. The van der Waals surface area contributed by atoms with Crippen LogP contribution < -0.4 is 4.74 Å². The Morgan fingerprint density at radius 2 is 1.88 bits per heavy atom. The van der Waals surface area contributed by atoms with Gasteiger partial charge in [0.05, 0.1) is 11.3 Å². The largest absolute Gasteiger partial charge is 0.481 e. The van der Waals surface area contributed by atoms with Crippen molar-refractivity contribution in [3.05, 3.63) is 72.3 Å². The van der Waals surface area contributed by atoms with E-state index in [0.717, 1.165) is 6.08 Å². The maximum Gasteiger partial charge on any atom is 0.330 e. The van der Waals surface area contributed by atoms with E-state index in [1.165, 1.54) is 6.08 Å². The Hall–Kier alpha value is -3.59. The molecule has 0 spiro atoms. The van der Waals surface area contributed by atoms with Crippen LogP contribution in [0.25, 0.3) is 0 Å². The van der Waals surface area contributed by atoms with Gasteiger partial charge in [0.15, 0.2) is 0 Å². The Morgan fingerprint density at radius 1 is 1.19 bits per heavy atom. The zero-order valence-electron chi connectivity index (χ0n) is 18.0. The number of carboxylic acids is 1. The molecule has 1 saturated carbocycles. The highest BCUT2D eigenvalue weighted by Crippen LogP contribution is 2.75. The third-order valence-corrected chi connectivity index (χ3v) is 6.14. The normalized spacial score (nSPS) is 22.0. The second-order valence-electron chi connectivity index (χ2n) is 8.18. The molecule has 2 aromatic carbocycles. The minimum Gasteiger partial charge on any atom is -0.481 e. The molecule has 0 radical (unpaired) electrons. The number of terminal acetylenes is 1. The lowest BCUT2D eigenvalue weighted by Crippen LogP contribution is -2.28. The fourth-order valence-electron chi connectivity index (χ4n) is 4.55. The molecule has 166 valence electrons. The molecule has 3 atom stereocenters. The summed E-state index contributed by atoms with van der Waals surface area (Å²) in [6, 6.07) is 16.3. The number of carbonyl (C=O) groups is 2. The number of ether oxygens (including phenoxy) is 2. The first-order valence-electron chi connectivity index (χ1n) is 10.2. The van der Waals surface area contributed by atoms with Gasteiger partial charge in [0.2, 0.25) is 0 Å². The summed E-state index contributed by atoms with van der Waals surface area (Å²) >= 11 is 0. The van der Waals surface area contributed by atoms with Crippen LogP contribution >= 0.6 is 0 Å². The molecule has 32 heavy (non-hydrogen) atoms. The maximum atomic E-state index is 12.5. The van der Waals surface area contributed by atoms with Crippen molar-refractivity contribution >= 4 is 11.9 Å². The van der Waals surface area contributed by atoms with Crippen LogP contribution in [0.5, 0.6) is 11.5 Å². The van der Waals surface area contributed by atoms with Gasteiger partial charge in [-0.25, -0.2) is 9.18 Å². The summed E-state index contributed by atoms with van der Waals surface area (Å²) in [4.78, 5) is 24.3. The van der Waals surface area contributed by atoms with Crippen molar-refractivity contribution in [3.8, 4) is 23.8 Å². The molecule has 6 heteroatoms. The first-order chi connectivity index (χ1) is 15.3. The zero-order valence-corrected chi connectivity index (χ0v) is 18.0. The Kier molecular flexibility index (Phi) is 6.69. The number of hydrogen-bond acceptors (Lipinski definition) is 4. The van der Waals surface area contributed by atoms with Gasteiger partial charge in [0.25, 0.3) is 0 Å². The lowest BCUT2D eigenvalue weighted by molar-refractivity contribution is -0.145. The number of carbonyl (C=O) groups excluding carboxylic acids is 1. The van der Waals surface area contributed by atoms with Crippen LogP contribution in [0.2, 0.25) is 0 Å². The smallest absolute Gasteiger partial charge is 0.330 e. The number of para-hydroxylation sites is 1. The van der Waals surface area contributed by atoms with Crippen molar-refractivity contribution in [2.75, 3.05) is 13.3 Å². The topological polar surface area (TPSA) is 72.8 Å². The van der Waals surface area contributed by atoms with E-state index in [1.807, 2.05) is 30.3 Å². The van der Waals surface area contributed by atoms with Crippen LogP contribution in [0.15, 0.2) is 66.7 Å². The van der Waals surface area contributed by atoms with Gasteiger partial charge in [-0.1, -0.05) is 56.2 Å². The van der Waals surface area contributed by atoms with E-state index in [-0.39, 0.29) is 6.61 Å². The Balaban J connectivity index is 1.92. The summed E-state index contributed by atoms with van der Waals surface area (Å²) in [7, 11) is 0. The van der Waals surface area contributed by atoms with Gasteiger partial charge in [0, 0.05) is 12.0 Å². The number of alkyl halides is 1. The molecule has 0 aliphatic heterocycles. The quantitative estimate of drug-likeness (QED) is 0.341. The Bertz CT molecular complexity index is 1050. The van der Waals surface area contributed by atoms with Crippen LogP contribution in [0, 0.1) is 29.1 Å². The Labute approximate surface area is 186 Å². The third kappa shape index (κ3) is 4.11. The fourth-order valence-corrected chi connectivity index (χ4v) is 4.55. The lowest BCUT2D eigenvalue weighted by atomic mass is 9.78. The third-order valence-electron chi connectivity index (χ3n) is 6.14. The average Bonchev–Trinajstić information content (AvgIpc) is 3.27. The molecular weight excluding hydrogens is 411 g/mol. The van der Waals surface area contributed by atoms with Gasteiger partial charge in [-0.05, 0) is 35.2 Å². The first-order valence-corrected chi connectivity index (χ1v) is 10.2. The summed E-state index contributed by atoms with van der Waals surface area (Å²) in [5.41, 5.74) is -1.43. The number of aliphatic carboxylic acids is 1. The number of allylic oxidation sites excluding steroid dienone is 1. The van der Waals surface area contributed by atoms with Crippen molar-refractivity contribution < 1.29 is 28.6 Å². The fraction of sp³-hybridized carbons (Fsp3) is 0.308. The minimum atomic E-state index is -1.33. The highest BCUT2D eigenvalue weighted by atomic mass is 19.1. The number of carboxylic acid groups (broad SMARTS) is 1. The first kappa shape index (κ1) is 23.1. The van der Waals surface area contributed by atoms with Crippen molar-refractivity contribution in [3.63, 3.8) is 0 Å². The highest BCUT2D eigenvalue weighted by molar-refractivity contribution is 5.86. The number of esters is 1. The van der Waals surface area contributed by atoms with Crippen molar-refractivity contribution in [2.24, 2.45) is 16.7 Å². The molecular formula is C26H25FO5. The van der Waals surface area contributed by atoms with Crippen molar-refractivity contribution in [1.82, 2.24) is 0 Å². The predicted molar refractivity (Wildman–Crippen MR) is 118 cm³/mol. The molecule has 1 aliphatic rings. The van der Waals surface area contributed by atoms with E-state index in [9.17, 15) is 19.1 Å². The van der Waals surface area contributed by atoms with Crippen molar-refractivity contribution in [2.45, 2.75) is 19.8 Å². The van der Waals surface area contributed by atoms with E-state index in [1.54, 1.807) is 38.1 Å². The van der Waals surface area contributed by atoms with E-state index < -0.39 is 41.3 Å². The van der Waals surface area contributed by atoms with Crippen LogP contribution in [0.4, 0.5) is 4.39 Å². The summed E-state index contributed by atoms with van der Waals surface area (Å²) < 4.78 is 22.8. The average molecular weight is 436 g/mol. The molecule has 5 nitrogen and oxygen atoms in total. The molecule has 0 heterocycles. The molecule has 0 unspecified atom stereocenters. The molecule has 1 fully saturated rings. The number of halogens is 1. The zero-order chi connectivity index (χ0) is 23.4. The van der Waals surface area contributed by atoms with Crippen LogP contribution in [0.3, 0.4) is 0 Å². The number of benzene rings is 2. The molecule has 0 aromatic heterocycles. The summed E-state index contributed by atoms with van der Waals surface area (Å²) in [6.07, 6.45) is 8.52. The van der Waals surface area contributed by atoms with Gasteiger partial charge in [-0.15, -0.1) is 6.42 Å². The molecule has 3 rings (SSSR count). The number of rotatable bonds is 9. The summed E-state index contributed by atoms with van der Waals surface area (Å²) in [6.45, 7) is 2.48. The van der Waals surface area contributed by atoms with E-state index in [0.29, 0.717) is 17.1 Å². The van der Waals surface area contributed by atoms with Gasteiger partial charge < -0.3 is 14.6 Å². The summed E-state index contributed by atoms with van der Waals surface area (Å²) in [5.74, 6) is 0.782. The molecule has 2 aromatic rings. The standard InChI is InChI=1S/C26H25FO5/c1-4-21(18-9-8-12-20(17-18)32-19-10-6-5-7-11-19)26(24(29)30)22(25(26,2)3)13-14-23(28)31-16-15-27/h1,5-14,17,21-22H,15-16H2,2-3H3,(H,29,30)/b14-13-/t21-,22-,26+/m0/s1. The van der Waals surface area contributed by atoms with Crippen LogP contribution in [-0.2, 0) is 14.3 Å². The maximum absolute atomic E-state index is 12.5. The van der Waals surface area contributed by atoms with E-state index in [2.05, 4.69) is 5.92 Å². The van der Waals surface area contributed by atoms with Gasteiger partial charge in [-0.2, -0.15) is 0 Å². The molecule has 0 amide bonds. The number of hydrogen-bond donors (Lipinski definition) is 1. The van der Waals surface area contributed by atoms with Crippen LogP contribution in [-0.4, -0.2) is 30.3 Å². The Morgan fingerprint density at radius 3 is 2.50 bits per heavy atom. The lowest BCUT2D eigenvalue weighted by Gasteiger charge is -2.23.